The van der Waals surface area contributed by atoms with Gasteiger partial charge in [0.25, 0.3) is 0 Å². The van der Waals surface area contributed by atoms with Crippen molar-refractivity contribution in [1.82, 2.24) is 0 Å². The van der Waals surface area contributed by atoms with Gasteiger partial charge in [0.1, 0.15) is 17.5 Å². The number of hydrogen-bond acceptors (Lipinski definition) is 8. The number of alkyl halides is 1. The fourth-order valence-corrected chi connectivity index (χ4v) is 7.81. The number of rotatable bonds is 12. The van der Waals surface area contributed by atoms with E-state index in [4.69, 9.17) is 35.0 Å². The molecule has 2 aliphatic rings. The zero-order valence-corrected chi connectivity index (χ0v) is 31.2. The van der Waals surface area contributed by atoms with Gasteiger partial charge >= 0.3 is 11.9 Å². The minimum atomic E-state index is -2.28. The maximum Gasteiger partial charge on any atom is 0.320 e. The third kappa shape index (κ3) is 7.70. The molecule has 0 aromatic heterocycles. The molecule has 1 spiro atoms. The van der Waals surface area contributed by atoms with E-state index in [0.717, 1.165) is 16.7 Å². The maximum absolute atomic E-state index is 14.0. The lowest BCUT2D eigenvalue weighted by Crippen LogP contribution is -2.59. The second-order valence-electron chi connectivity index (χ2n) is 14.6. The number of hydrogen-bond donors (Lipinski definition) is 0. The second-order valence-corrected chi connectivity index (χ2v) is 19.7. The van der Waals surface area contributed by atoms with Gasteiger partial charge in [-0.3, -0.25) is 14.4 Å². The Morgan fingerprint density at radius 3 is 2.20 bits per heavy atom. The Kier molecular flexibility index (Phi) is 12.3. The number of carbonyl (C=O) groups excluding carboxylic acids is 3. The smallest absolute Gasteiger partial charge is 0.320 e. The zero-order valence-electron chi connectivity index (χ0n) is 29.4. The van der Waals surface area contributed by atoms with Crippen molar-refractivity contribution in [2.24, 2.45) is 17.3 Å². The predicted molar refractivity (Wildman–Crippen MR) is 182 cm³/mol. The van der Waals surface area contributed by atoms with Crippen LogP contribution in [0.25, 0.3) is 0 Å². The van der Waals surface area contributed by atoms with Crippen molar-refractivity contribution in [3.8, 4) is 0 Å². The van der Waals surface area contributed by atoms with Gasteiger partial charge in [0.2, 0.25) is 0 Å². The molecule has 5 atom stereocenters. The molecule has 1 aromatic carbocycles. The average molecular weight is 677 g/mol. The largest absolute Gasteiger partial charge is 0.468 e. The van der Waals surface area contributed by atoms with Gasteiger partial charge in [0.05, 0.1) is 20.3 Å². The summed E-state index contributed by atoms with van der Waals surface area (Å²) in [6.45, 7) is 19.1. The van der Waals surface area contributed by atoms with Gasteiger partial charge in [0, 0.05) is 35.6 Å². The second kappa shape index (κ2) is 14.9. The number of methoxy groups -OCH3 is 2. The Balaban J connectivity index is 2.13. The summed E-state index contributed by atoms with van der Waals surface area (Å²) in [6.07, 6.45) is 3.03. The molecule has 256 valence electrons. The zero-order chi connectivity index (χ0) is 34.7. The average Bonchev–Trinajstić information content (AvgIpc) is 3.38. The van der Waals surface area contributed by atoms with Crippen LogP contribution < -0.4 is 0 Å². The van der Waals surface area contributed by atoms with Crippen LogP contribution >= 0.6 is 11.6 Å². The lowest BCUT2D eigenvalue weighted by atomic mass is 9.58. The lowest BCUT2D eigenvalue weighted by molar-refractivity contribution is -0.159. The topological polar surface area (TPSA) is 97.4 Å². The molecule has 8 nitrogen and oxygen atoms in total. The summed E-state index contributed by atoms with van der Waals surface area (Å²) < 4.78 is 30.5. The molecule has 0 N–H and O–H groups in total. The minimum Gasteiger partial charge on any atom is -0.468 e. The highest BCUT2D eigenvalue weighted by Crippen LogP contribution is 2.59. The van der Waals surface area contributed by atoms with Crippen molar-refractivity contribution in [2.45, 2.75) is 110 Å². The van der Waals surface area contributed by atoms with E-state index in [-0.39, 0.29) is 29.8 Å². The standard InChI is InChI=1S/C36H53ClO8Si/c1-23(20-26(31(39)41-8)32(40)42-9)28(38)21-27-24(2)29(45-46(10,11)34(3,4)5)22-36(35(27,6)7)30(18-15-19-37)43-33(44-36)25-16-13-12-14-17-25/h12-18,23,26,29-30,33H,19-22H2,1-11H3/b18-15+/t23?,29-,30+,33+,36-/m1/s1. The van der Waals surface area contributed by atoms with Crippen LogP contribution in [0, 0.1) is 17.3 Å². The van der Waals surface area contributed by atoms with Crippen LogP contribution in [0.5, 0.6) is 0 Å². The van der Waals surface area contributed by atoms with Gasteiger partial charge in [-0.2, -0.15) is 0 Å². The van der Waals surface area contributed by atoms with E-state index in [2.05, 4.69) is 54.6 Å². The first-order chi connectivity index (χ1) is 21.4. The van der Waals surface area contributed by atoms with Crippen LogP contribution in [0.3, 0.4) is 0 Å². The van der Waals surface area contributed by atoms with Gasteiger partial charge < -0.3 is 23.4 Å². The molecule has 0 radical (unpaired) electrons. The van der Waals surface area contributed by atoms with Crippen molar-refractivity contribution < 1.29 is 37.8 Å². The van der Waals surface area contributed by atoms with E-state index in [1.807, 2.05) is 42.5 Å². The normalized spacial score (nSPS) is 25.7. The molecule has 1 aromatic rings. The third-order valence-electron chi connectivity index (χ3n) is 10.5. The fraction of sp³-hybridized carbons (Fsp3) is 0.639. The van der Waals surface area contributed by atoms with Gasteiger partial charge in [-0.25, -0.2) is 0 Å². The highest BCUT2D eigenvalue weighted by Gasteiger charge is 2.63. The summed E-state index contributed by atoms with van der Waals surface area (Å²) in [5.74, 6) is -3.04. The van der Waals surface area contributed by atoms with Crippen LogP contribution in [-0.2, 0) is 37.8 Å². The number of allylic oxidation sites excluding steroid dienone is 1. The molecular weight excluding hydrogens is 624 g/mol. The van der Waals surface area contributed by atoms with E-state index >= 15 is 0 Å². The number of ketones is 1. The molecule has 1 heterocycles. The summed E-state index contributed by atoms with van der Waals surface area (Å²) in [6, 6.07) is 9.83. The summed E-state index contributed by atoms with van der Waals surface area (Å²) in [4.78, 5) is 38.8. The van der Waals surface area contributed by atoms with Crippen molar-refractivity contribution in [1.29, 1.82) is 0 Å². The van der Waals surface area contributed by atoms with Crippen LogP contribution in [0.1, 0.15) is 79.6 Å². The summed E-state index contributed by atoms with van der Waals surface area (Å²) >= 11 is 6.14. The Bertz CT molecular complexity index is 1300. The summed E-state index contributed by atoms with van der Waals surface area (Å²) in [5, 5.41) is -0.0494. The van der Waals surface area contributed by atoms with E-state index in [1.54, 1.807) is 6.92 Å². The molecule has 1 unspecified atom stereocenters. The molecular formula is C36H53ClO8Si. The van der Waals surface area contributed by atoms with Crippen LogP contribution in [0.15, 0.2) is 53.6 Å². The Labute approximate surface area is 281 Å². The molecule has 46 heavy (non-hydrogen) atoms. The monoisotopic (exact) mass is 676 g/mol. The SMILES string of the molecule is COC(=O)C(CC(C)C(=O)CC1=C(C)[C@H](O[Si](C)(C)C(C)(C)C)C[C@]2(O[C@@H](c3ccccc3)O[C@H]2/C=C/CCl)C1(C)C)C(=O)OC. The van der Waals surface area contributed by atoms with Gasteiger partial charge in [-0.05, 0) is 37.0 Å². The number of esters is 2. The first kappa shape index (κ1) is 38.1. The van der Waals surface area contributed by atoms with Gasteiger partial charge in [0.15, 0.2) is 20.5 Å². The molecule has 0 saturated carbocycles. The molecule has 3 rings (SSSR count). The first-order valence-corrected chi connectivity index (χ1v) is 19.5. The molecule has 10 heteroatoms. The fourth-order valence-electron chi connectivity index (χ4n) is 6.38. The summed E-state index contributed by atoms with van der Waals surface area (Å²) in [5.41, 5.74) is 1.23. The third-order valence-corrected chi connectivity index (χ3v) is 15.1. The van der Waals surface area contributed by atoms with E-state index in [0.29, 0.717) is 12.3 Å². The van der Waals surface area contributed by atoms with Crippen LogP contribution in [-0.4, -0.2) is 63.9 Å². The van der Waals surface area contributed by atoms with E-state index in [1.165, 1.54) is 14.2 Å². The van der Waals surface area contributed by atoms with Gasteiger partial charge in [-0.15, -0.1) is 11.6 Å². The van der Waals surface area contributed by atoms with Crippen LogP contribution in [0.2, 0.25) is 18.1 Å². The van der Waals surface area contributed by atoms with Crippen LogP contribution in [0.4, 0.5) is 0 Å². The first-order valence-electron chi connectivity index (χ1n) is 16.0. The Hall–Kier alpha value is -2.30. The number of Topliss-reactive ketones (excluding diaryl/α,β-unsaturated/α-hetero) is 1. The molecule has 1 aliphatic carbocycles. The van der Waals surface area contributed by atoms with E-state index in [9.17, 15) is 14.4 Å². The van der Waals surface area contributed by atoms with Crippen molar-refractivity contribution in [3.63, 3.8) is 0 Å². The lowest BCUT2D eigenvalue weighted by Gasteiger charge is -2.54. The van der Waals surface area contributed by atoms with Crippen molar-refractivity contribution >= 4 is 37.6 Å². The molecule has 0 bridgehead atoms. The molecule has 0 amide bonds. The Morgan fingerprint density at radius 2 is 1.67 bits per heavy atom. The number of benzene rings is 1. The highest BCUT2D eigenvalue weighted by atomic mass is 35.5. The van der Waals surface area contributed by atoms with Crippen molar-refractivity contribution in [2.75, 3.05) is 20.1 Å². The van der Waals surface area contributed by atoms with E-state index < -0.39 is 55.5 Å². The van der Waals surface area contributed by atoms with Gasteiger partial charge in [-0.1, -0.05) is 89.6 Å². The minimum absolute atomic E-state index is 0.0171. The quantitative estimate of drug-likeness (QED) is 0.0730. The number of halogens is 1. The van der Waals surface area contributed by atoms with Crippen molar-refractivity contribution in [3.05, 3.63) is 59.2 Å². The maximum atomic E-state index is 14.0. The number of carbonyl (C=O) groups is 3. The Morgan fingerprint density at radius 1 is 1.09 bits per heavy atom. The molecule has 1 aliphatic heterocycles. The highest BCUT2D eigenvalue weighted by molar-refractivity contribution is 6.74. The molecule has 1 fully saturated rings. The molecule has 1 saturated heterocycles. The summed E-state index contributed by atoms with van der Waals surface area (Å²) in [7, 11) is 0.150. The number of ether oxygens (including phenoxy) is 4. The predicted octanol–water partition coefficient (Wildman–Crippen LogP) is 7.72.